The van der Waals surface area contributed by atoms with Gasteiger partial charge in [-0.05, 0) is 35.4 Å². The maximum absolute atomic E-state index is 11.3. The minimum atomic E-state index is -0.264. The zero-order valence-electron chi connectivity index (χ0n) is 13.0. The molecule has 0 fully saturated rings. The van der Waals surface area contributed by atoms with Gasteiger partial charge in [-0.25, -0.2) is 4.98 Å². The predicted octanol–water partition coefficient (Wildman–Crippen LogP) is 4.12. The highest BCUT2D eigenvalue weighted by atomic mass is 35.5. The van der Waals surface area contributed by atoms with Crippen molar-refractivity contribution in [3.63, 3.8) is 0 Å². The number of aromatic hydroxyl groups is 1. The molecular weight excluding hydrogens is 360 g/mol. The number of rotatable bonds is 4. The number of nitrogens with zero attached hydrogens (tertiary/aromatic N) is 1. The van der Waals surface area contributed by atoms with Crippen LogP contribution in [0.3, 0.4) is 0 Å². The van der Waals surface area contributed by atoms with Crippen molar-refractivity contribution < 1.29 is 9.52 Å². The number of halogens is 1. The summed E-state index contributed by atoms with van der Waals surface area (Å²) in [7, 11) is 0. The quantitative estimate of drug-likeness (QED) is 0.564. The molecule has 4 aromatic rings. The Kier molecular flexibility index (Phi) is 4.07. The molecule has 0 aliphatic rings. The van der Waals surface area contributed by atoms with Crippen molar-refractivity contribution in [3.05, 3.63) is 79.0 Å². The van der Waals surface area contributed by atoms with Gasteiger partial charge in [-0.15, -0.1) is 0 Å². The third-order valence-electron chi connectivity index (χ3n) is 3.83. The molecule has 2 heterocycles. The molecule has 0 radical (unpaired) electrons. The van der Waals surface area contributed by atoms with Gasteiger partial charge in [0.25, 0.3) is 0 Å². The fraction of sp³-hybridized carbons (Fsp3) is 0.111. The molecule has 0 atom stereocenters. The molecule has 2 aromatic carbocycles. The third kappa shape index (κ3) is 3.45. The number of aromatic nitrogens is 2. The van der Waals surface area contributed by atoms with E-state index in [1.807, 2.05) is 42.5 Å². The van der Waals surface area contributed by atoms with Crippen LogP contribution in [-0.2, 0) is 12.8 Å². The minimum Gasteiger partial charge on any atom is -0.494 e. The third-order valence-corrected chi connectivity index (χ3v) is 4.95. The molecule has 7 heteroatoms. The van der Waals surface area contributed by atoms with Crippen molar-refractivity contribution in [1.29, 1.82) is 0 Å². The maximum Gasteiger partial charge on any atom is 0.307 e. The van der Waals surface area contributed by atoms with Gasteiger partial charge in [0.05, 0.1) is 4.88 Å². The van der Waals surface area contributed by atoms with E-state index in [-0.39, 0.29) is 10.8 Å². The summed E-state index contributed by atoms with van der Waals surface area (Å²) < 4.78 is 5.79. The van der Waals surface area contributed by atoms with Gasteiger partial charge in [0.2, 0.25) is 5.88 Å². The average Bonchev–Trinajstić information content (AvgIpc) is 3.11. The number of hydrogen-bond acceptors (Lipinski definition) is 5. The van der Waals surface area contributed by atoms with Crippen LogP contribution in [0.2, 0.25) is 5.02 Å². The molecular formula is C18H13ClN2O3S. The summed E-state index contributed by atoms with van der Waals surface area (Å²) in [6.45, 7) is 0. The maximum atomic E-state index is 11.3. The van der Waals surface area contributed by atoms with Crippen LogP contribution in [0.15, 0.2) is 51.7 Å². The fourth-order valence-corrected chi connectivity index (χ4v) is 3.52. The van der Waals surface area contributed by atoms with Crippen LogP contribution < -0.4 is 4.87 Å². The van der Waals surface area contributed by atoms with Gasteiger partial charge >= 0.3 is 4.87 Å². The number of hydrogen-bond donors (Lipinski definition) is 2. The Bertz CT molecular complexity index is 1100. The molecule has 0 unspecified atom stereocenters. The van der Waals surface area contributed by atoms with Crippen molar-refractivity contribution in [3.8, 4) is 5.88 Å². The Morgan fingerprint density at radius 1 is 1.12 bits per heavy atom. The lowest BCUT2D eigenvalue weighted by molar-refractivity contribution is 0.451. The fourth-order valence-electron chi connectivity index (χ4n) is 2.64. The molecule has 5 nitrogen and oxygen atoms in total. The van der Waals surface area contributed by atoms with E-state index in [1.54, 1.807) is 0 Å². The Balaban J connectivity index is 1.59. The van der Waals surface area contributed by atoms with Gasteiger partial charge in [0.15, 0.2) is 11.5 Å². The summed E-state index contributed by atoms with van der Waals surface area (Å²) in [6, 6.07) is 13.2. The van der Waals surface area contributed by atoms with Gasteiger partial charge in [-0.1, -0.05) is 41.1 Å². The van der Waals surface area contributed by atoms with E-state index < -0.39 is 0 Å². The lowest BCUT2D eigenvalue weighted by Crippen LogP contribution is -1.89. The summed E-state index contributed by atoms with van der Waals surface area (Å²) >= 11 is 6.90. The molecule has 0 saturated carbocycles. The van der Waals surface area contributed by atoms with E-state index in [0.29, 0.717) is 34.2 Å². The first-order chi connectivity index (χ1) is 12.1. The number of H-pyrrole nitrogens is 1. The number of fused-ring (bicyclic) bond motifs is 1. The molecule has 0 saturated heterocycles. The van der Waals surface area contributed by atoms with E-state index in [2.05, 4.69) is 9.97 Å². The van der Waals surface area contributed by atoms with Crippen LogP contribution in [0.1, 0.15) is 21.9 Å². The Hall–Kier alpha value is -2.57. The van der Waals surface area contributed by atoms with Crippen molar-refractivity contribution in [2.24, 2.45) is 0 Å². The number of aromatic amines is 1. The summed E-state index contributed by atoms with van der Waals surface area (Å²) in [5.74, 6) is 0.558. The first kappa shape index (κ1) is 15.9. The first-order valence-electron chi connectivity index (χ1n) is 7.60. The van der Waals surface area contributed by atoms with E-state index in [1.165, 1.54) is 0 Å². The lowest BCUT2D eigenvalue weighted by Gasteiger charge is -1.98. The normalized spacial score (nSPS) is 11.2. The number of thiazole rings is 1. The van der Waals surface area contributed by atoms with Gasteiger partial charge in [-0.3, -0.25) is 9.78 Å². The van der Waals surface area contributed by atoms with Gasteiger partial charge in [0.1, 0.15) is 5.52 Å². The number of benzene rings is 2. The molecule has 4 rings (SSSR count). The molecule has 2 N–H and O–H groups in total. The predicted molar refractivity (Wildman–Crippen MR) is 97.7 cm³/mol. The Morgan fingerprint density at radius 3 is 2.60 bits per heavy atom. The van der Waals surface area contributed by atoms with Gasteiger partial charge < -0.3 is 9.52 Å². The Labute approximate surface area is 151 Å². The molecule has 2 aromatic heterocycles. The number of oxazole rings is 1. The minimum absolute atomic E-state index is 0.0707. The lowest BCUT2D eigenvalue weighted by atomic mass is 10.1. The largest absolute Gasteiger partial charge is 0.494 e. The SMILES string of the molecule is O=c1[nH]c(O)c(Cc2ccc3oc(Cc4ccc(Cl)cc4)nc3c2)s1. The Morgan fingerprint density at radius 2 is 1.88 bits per heavy atom. The second-order valence-electron chi connectivity index (χ2n) is 5.68. The zero-order chi connectivity index (χ0) is 17.4. The second-order valence-corrected chi connectivity index (χ2v) is 7.18. The highest BCUT2D eigenvalue weighted by molar-refractivity contribution is 7.09. The van der Waals surface area contributed by atoms with E-state index >= 15 is 0 Å². The van der Waals surface area contributed by atoms with Crippen LogP contribution in [0.5, 0.6) is 5.88 Å². The summed E-state index contributed by atoms with van der Waals surface area (Å²) in [5, 5.41) is 10.4. The standard InChI is InChI=1S/C18H13ClN2O3S/c19-12-4-1-10(2-5-12)9-16-20-13-7-11(3-6-14(13)24-16)8-15-17(22)21-18(23)25-15/h1-7,22H,8-9H2,(H,21,23). The zero-order valence-corrected chi connectivity index (χ0v) is 14.5. The molecule has 0 bridgehead atoms. The van der Waals surface area contributed by atoms with Crippen molar-refractivity contribution in [2.45, 2.75) is 12.8 Å². The highest BCUT2D eigenvalue weighted by Gasteiger charge is 2.11. The van der Waals surface area contributed by atoms with Crippen molar-refractivity contribution >= 4 is 34.0 Å². The van der Waals surface area contributed by atoms with Crippen LogP contribution >= 0.6 is 22.9 Å². The van der Waals surface area contributed by atoms with Crippen LogP contribution in [0, 0.1) is 0 Å². The number of nitrogens with one attached hydrogen (secondary N) is 1. The van der Waals surface area contributed by atoms with E-state index in [0.717, 1.165) is 28.0 Å². The molecule has 0 spiro atoms. The summed E-state index contributed by atoms with van der Waals surface area (Å²) in [6.07, 6.45) is 1.05. The molecule has 0 amide bonds. The summed E-state index contributed by atoms with van der Waals surface area (Å²) in [4.78, 5) is 18.5. The van der Waals surface area contributed by atoms with Crippen LogP contribution in [0.4, 0.5) is 0 Å². The van der Waals surface area contributed by atoms with Crippen LogP contribution in [0.25, 0.3) is 11.1 Å². The summed E-state index contributed by atoms with van der Waals surface area (Å²) in [5.41, 5.74) is 3.48. The smallest absolute Gasteiger partial charge is 0.307 e. The van der Waals surface area contributed by atoms with E-state index in [9.17, 15) is 9.90 Å². The molecule has 25 heavy (non-hydrogen) atoms. The van der Waals surface area contributed by atoms with Crippen LogP contribution in [-0.4, -0.2) is 15.1 Å². The second kappa shape index (κ2) is 6.38. The highest BCUT2D eigenvalue weighted by Crippen LogP contribution is 2.24. The average molecular weight is 373 g/mol. The monoisotopic (exact) mass is 372 g/mol. The molecule has 126 valence electrons. The molecule has 0 aliphatic heterocycles. The van der Waals surface area contributed by atoms with E-state index in [4.69, 9.17) is 16.0 Å². The van der Waals surface area contributed by atoms with Gasteiger partial charge in [-0.2, -0.15) is 0 Å². The molecule has 0 aliphatic carbocycles. The van der Waals surface area contributed by atoms with Crippen molar-refractivity contribution in [1.82, 2.24) is 9.97 Å². The first-order valence-corrected chi connectivity index (χ1v) is 8.80. The van der Waals surface area contributed by atoms with Gasteiger partial charge in [0, 0.05) is 17.9 Å². The topological polar surface area (TPSA) is 79.1 Å². The van der Waals surface area contributed by atoms with Crippen molar-refractivity contribution in [2.75, 3.05) is 0 Å².